The zero-order valence-electron chi connectivity index (χ0n) is 17.7. The van der Waals surface area contributed by atoms with Crippen LogP contribution in [0.5, 0.6) is 0 Å². The third-order valence-corrected chi connectivity index (χ3v) is 10.5. The summed E-state index contributed by atoms with van der Waals surface area (Å²) in [5, 5.41) is 10.4. The summed E-state index contributed by atoms with van der Waals surface area (Å²) in [5.74, 6) is 3.29. The van der Waals surface area contributed by atoms with E-state index in [0.29, 0.717) is 27.6 Å². The lowest BCUT2D eigenvalue weighted by Crippen LogP contribution is -2.58. The van der Waals surface area contributed by atoms with Crippen molar-refractivity contribution in [3.05, 3.63) is 0 Å². The monoisotopic (exact) mass is 346 g/mol. The number of fused-ring (bicyclic) bond motifs is 5. The topological polar surface area (TPSA) is 20.2 Å². The van der Waals surface area contributed by atoms with Crippen LogP contribution in [0.25, 0.3) is 0 Å². The highest BCUT2D eigenvalue weighted by molar-refractivity contribution is 5.13. The number of aliphatic hydroxyl groups is 1. The first-order valence-electron chi connectivity index (χ1n) is 11.2. The van der Waals surface area contributed by atoms with E-state index in [0.717, 1.165) is 17.8 Å². The molecule has 8 atom stereocenters. The summed E-state index contributed by atoms with van der Waals surface area (Å²) in [6.07, 6.45) is 12.5. The molecule has 0 saturated heterocycles. The van der Waals surface area contributed by atoms with Gasteiger partial charge in [-0.05, 0) is 110 Å². The normalized spacial score (nSPS) is 55.8. The molecule has 4 saturated carbocycles. The van der Waals surface area contributed by atoms with Crippen molar-refractivity contribution >= 4 is 0 Å². The van der Waals surface area contributed by atoms with Crippen molar-refractivity contribution in [2.45, 2.75) is 105 Å². The Bertz CT molecular complexity index is 536. The van der Waals surface area contributed by atoms with Gasteiger partial charge in [0.2, 0.25) is 0 Å². The van der Waals surface area contributed by atoms with Gasteiger partial charge in [0.1, 0.15) is 0 Å². The van der Waals surface area contributed by atoms with Crippen LogP contribution in [0.3, 0.4) is 0 Å². The van der Waals surface area contributed by atoms with Gasteiger partial charge >= 0.3 is 0 Å². The van der Waals surface area contributed by atoms with Gasteiger partial charge in [-0.25, -0.2) is 0 Å². The molecule has 1 heteroatoms. The summed E-state index contributed by atoms with van der Waals surface area (Å²) in [5.41, 5.74) is 2.05. The summed E-state index contributed by atoms with van der Waals surface area (Å²) in [6, 6.07) is 0. The van der Waals surface area contributed by atoms with Crippen LogP contribution in [0.1, 0.15) is 99.3 Å². The predicted molar refractivity (Wildman–Crippen MR) is 105 cm³/mol. The molecule has 0 radical (unpaired) electrons. The largest absolute Gasteiger partial charge is 0.393 e. The van der Waals surface area contributed by atoms with Crippen LogP contribution in [-0.2, 0) is 0 Å². The van der Waals surface area contributed by atoms with Crippen LogP contribution >= 0.6 is 0 Å². The lowest BCUT2D eigenvalue weighted by atomic mass is 9.38. The molecule has 0 spiro atoms. The maximum atomic E-state index is 10.4. The van der Waals surface area contributed by atoms with Gasteiger partial charge in [-0.2, -0.15) is 0 Å². The third-order valence-electron chi connectivity index (χ3n) is 10.5. The number of aliphatic hydroxyl groups excluding tert-OH is 1. The van der Waals surface area contributed by atoms with Crippen molar-refractivity contribution in [1.82, 2.24) is 0 Å². The maximum Gasteiger partial charge on any atom is 0.0545 e. The molecule has 0 aromatic rings. The predicted octanol–water partition coefficient (Wildman–Crippen LogP) is 6.44. The van der Waals surface area contributed by atoms with E-state index in [1.165, 1.54) is 57.8 Å². The van der Waals surface area contributed by atoms with E-state index >= 15 is 0 Å². The first-order valence-corrected chi connectivity index (χ1v) is 11.2. The van der Waals surface area contributed by atoms with Crippen molar-refractivity contribution in [1.29, 1.82) is 0 Å². The fourth-order valence-electron chi connectivity index (χ4n) is 9.05. The summed E-state index contributed by atoms with van der Waals surface area (Å²) in [7, 11) is 0. The molecule has 0 amide bonds. The SMILES string of the molecule is CC(O)[C@H]1CC[C@H]2[C@@H]3CC[C@]4(C)CC(C)(C)CCC4(C)[C@H]3CC[C@]12C. The van der Waals surface area contributed by atoms with E-state index in [2.05, 4.69) is 34.6 Å². The Kier molecular flexibility index (Phi) is 4.03. The minimum Gasteiger partial charge on any atom is -0.393 e. The van der Waals surface area contributed by atoms with Crippen molar-refractivity contribution in [3.8, 4) is 0 Å². The van der Waals surface area contributed by atoms with E-state index in [9.17, 15) is 5.11 Å². The Morgan fingerprint density at radius 2 is 1.52 bits per heavy atom. The second-order valence-corrected chi connectivity index (χ2v) is 12.2. The van der Waals surface area contributed by atoms with Crippen molar-refractivity contribution in [2.24, 2.45) is 45.3 Å². The van der Waals surface area contributed by atoms with Gasteiger partial charge in [-0.3, -0.25) is 0 Å². The average molecular weight is 347 g/mol. The molecular formula is C24H42O. The van der Waals surface area contributed by atoms with Crippen LogP contribution in [0, 0.1) is 45.3 Å². The highest BCUT2D eigenvalue weighted by Crippen LogP contribution is 2.72. The number of rotatable bonds is 1. The molecule has 0 bridgehead atoms. The maximum absolute atomic E-state index is 10.4. The van der Waals surface area contributed by atoms with Gasteiger partial charge in [0, 0.05) is 0 Å². The number of hydrogen-bond acceptors (Lipinski definition) is 1. The molecule has 0 heterocycles. The van der Waals surface area contributed by atoms with Gasteiger partial charge in [0.15, 0.2) is 0 Å². The van der Waals surface area contributed by atoms with E-state index in [-0.39, 0.29) is 6.10 Å². The first-order chi connectivity index (χ1) is 11.5. The Morgan fingerprint density at radius 3 is 2.20 bits per heavy atom. The highest BCUT2D eigenvalue weighted by Gasteiger charge is 2.64. The van der Waals surface area contributed by atoms with Crippen LogP contribution in [0.4, 0.5) is 0 Å². The van der Waals surface area contributed by atoms with Crippen molar-refractivity contribution in [3.63, 3.8) is 0 Å². The molecule has 4 fully saturated rings. The van der Waals surface area contributed by atoms with E-state index in [4.69, 9.17) is 0 Å². The summed E-state index contributed by atoms with van der Waals surface area (Å²) in [4.78, 5) is 0. The van der Waals surface area contributed by atoms with Crippen molar-refractivity contribution < 1.29 is 5.11 Å². The van der Waals surface area contributed by atoms with Crippen LogP contribution in [-0.4, -0.2) is 11.2 Å². The van der Waals surface area contributed by atoms with E-state index in [1.54, 1.807) is 0 Å². The van der Waals surface area contributed by atoms with Crippen LogP contribution < -0.4 is 0 Å². The molecule has 0 aromatic heterocycles. The Hall–Kier alpha value is -0.0400. The lowest BCUT2D eigenvalue weighted by Gasteiger charge is -2.66. The van der Waals surface area contributed by atoms with Gasteiger partial charge in [-0.15, -0.1) is 0 Å². The van der Waals surface area contributed by atoms with E-state index < -0.39 is 0 Å². The van der Waals surface area contributed by atoms with Crippen molar-refractivity contribution in [2.75, 3.05) is 0 Å². The molecule has 0 aromatic carbocycles. The molecule has 4 aliphatic rings. The molecule has 2 unspecified atom stereocenters. The van der Waals surface area contributed by atoms with Crippen LogP contribution in [0.2, 0.25) is 0 Å². The van der Waals surface area contributed by atoms with E-state index in [1.807, 2.05) is 6.92 Å². The fourth-order valence-corrected chi connectivity index (χ4v) is 9.05. The zero-order valence-corrected chi connectivity index (χ0v) is 17.7. The summed E-state index contributed by atoms with van der Waals surface area (Å²) >= 11 is 0. The smallest absolute Gasteiger partial charge is 0.0545 e. The Balaban J connectivity index is 1.64. The first kappa shape index (κ1) is 18.3. The minimum atomic E-state index is -0.119. The second kappa shape index (κ2) is 5.49. The quantitative estimate of drug-likeness (QED) is 0.579. The molecule has 1 nitrogen and oxygen atoms in total. The van der Waals surface area contributed by atoms with Crippen LogP contribution in [0.15, 0.2) is 0 Å². The standard InChI is InChI=1S/C24H42O/c1-16(25)18-7-8-19-17-9-11-22(4)15-21(2,3)13-14-24(22,6)20(17)10-12-23(18,19)5/h16-20,25H,7-15H2,1-6H3/t16?,17-,18+,19-,20-,22+,23+,24?/m0/s1. The second-order valence-electron chi connectivity index (χ2n) is 12.2. The Morgan fingerprint density at radius 1 is 0.800 bits per heavy atom. The summed E-state index contributed by atoms with van der Waals surface area (Å²) < 4.78 is 0. The minimum absolute atomic E-state index is 0.119. The molecular weight excluding hydrogens is 304 g/mol. The Labute approximate surface area is 156 Å². The molecule has 1 N–H and O–H groups in total. The molecule has 0 aliphatic heterocycles. The third kappa shape index (κ3) is 2.43. The van der Waals surface area contributed by atoms with Gasteiger partial charge in [-0.1, -0.05) is 34.6 Å². The average Bonchev–Trinajstić information content (AvgIpc) is 2.85. The van der Waals surface area contributed by atoms with Gasteiger partial charge in [0.25, 0.3) is 0 Å². The zero-order chi connectivity index (χ0) is 18.3. The highest BCUT2D eigenvalue weighted by atomic mass is 16.3. The van der Waals surface area contributed by atoms with Gasteiger partial charge < -0.3 is 5.11 Å². The fraction of sp³-hybridized carbons (Fsp3) is 1.00. The molecule has 4 aliphatic carbocycles. The molecule has 25 heavy (non-hydrogen) atoms. The lowest BCUT2D eigenvalue weighted by molar-refractivity contribution is -0.174. The number of hydrogen-bond donors (Lipinski definition) is 1. The molecule has 144 valence electrons. The molecule has 4 rings (SSSR count). The van der Waals surface area contributed by atoms with Gasteiger partial charge in [0.05, 0.1) is 6.10 Å². The summed E-state index contributed by atoms with van der Waals surface area (Å²) in [6.45, 7) is 14.9.